The van der Waals surface area contributed by atoms with Gasteiger partial charge in [0.15, 0.2) is 0 Å². The number of ether oxygens (including phenoxy) is 1. The molecule has 1 aliphatic heterocycles. The molecule has 0 aliphatic carbocycles. The summed E-state index contributed by atoms with van der Waals surface area (Å²) in [4.78, 5) is 27.0. The number of likely N-dealkylation sites (tertiary alicyclic amines) is 1. The van der Waals surface area contributed by atoms with Crippen molar-refractivity contribution in [3.8, 4) is 0 Å². The number of fused-ring (bicyclic) bond motifs is 1. The number of rotatable bonds is 5. The van der Waals surface area contributed by atoms with Gasteiger partial charge in [0, 0.05) is 36.9 Å². The van der Waals surface area contributed by atoms with E-state index < -0.39 is 0 Å². The molecule has 2 aromatic heterocycles. The van der Waals surface area contributed by atoms with Gasteiger partial charge in [-0.2, -0.15) is 4.98 Å². The topological polar surface area (TPSA) is 92.3 Å². The van der Waals surface area contributed by atoms with Crippen molar-refractivity contribution in [2.75, 3.05) is 30.3 Å². The van der Waals surface area contributed by atoms with Crippen LogP contribution < -0.4 is 10.6 Å². The Kier molecular flexibility index (Phi) is 5.69. The van der Waals surface area contributed by atoms with Crippen LogP contribution in [0, 0.1) is 0 Å². The van der Waals surface area contributed by atoms with Crippen molar-refractivity contribution < 1.29 is 9.53 Å². The average Bonchev–Trinajstić information content (AvgIpc) is 2.75. The number of hydrogen-bond donors (Lipinski definition) is 2. The van der Waals surface area contributed by atoms with Gasteiger partial charge in [-0.3, -0.25) is 4.98 Å². The van der Waals surface area contributed by atoms with Gasteiger partial charge in [0.1, 0.15) is 5.82 Å². The third-order valence-corrected chi connectivity index (χ3v) is 4.91. The number of aromatic nitrogens is 3. The molecule has 0 saturated carbocycles. The predicted molar refractivity (Wildman–Crippen MR) is 112 cm³/mol. The Balaban J connectivity index is 1.40. The molecule has 8 heteroatoms. The molecule has 4 rings (SSSR count). The Morgan fingerprint density at radius 1 is 1.14 bits per heavy atom. The van der Waals surface area contributed by atoms with E-state index in [1.54, 1.807) is 17.3 Å². The lowest BCUT2D eigenvalue weighted by Gasteiger charge is -2.31. The second-order valence-electron chi connectivity index (χ2n) is 6.88. The van der Waals surface area contributed by atoms with Crippen LogP contribution in [0.1, 0.15) is 19.8 Å². The summed E-state index contributed by atoms with van der Waals surface area (Å²) in [6, 6.07) is 12.0. The zero-order valence-electron chi connectivity index (χ0n) is 16.3. The quantitative estimate of drug-likeness (QED) is 0.682. The molecule has 0 spiro atoms. The summed E-state index contributed by atoms with van der Waals surface area (Å²) in [5.74, 6) is 1.27. The molecule has 0 atom stereocenters. The van der Waals surface area contributed by atoms with Gasteiger partial charge < -0.3 is 20.3 Å². The first kappa shape index (κ1) is 18.9. The minimum absolute atomic E-state index is 0.218. The lowest BCUT2D eigenvalue weighted by Crippen LogP contribution is -2.42. The number of piperidine rings is 1. The van der Waals surface area contributed by atoms with Gasteiger partial charge in [-0.1, -0.05) is 18.2 Å². The van der Waals surface area contributed by atoms with Crippen LogP contribution in [0.3, 0.4) is 0 Å². The summed E-state index contributed by atoms with van der Waals surface area (Å²) in [5.41, 5.74) is 1.80. The molecule has 3 heterocycles. The van der Waals surface area contributed by atoms with E-state index in [1.807, 2.05) is 43.3 Å². The predicted octanol–water partition coefficient (Wildman–Crippen LogP) is 3.80. The minimum Gasteiger partial charge on any atom is -0.450 e. The summed E-state index contributed by atoms with van der Waals surface area (Å²) < 4.78 is 5.07. The van der Waals surface area contributed by atoms with Crippen LogP contribution in [0.5, 0.6) is 0 Å². The van der Waals surface area contributed by atoms with E-state index in [1.165, 1.54) is 0 Å². The van der Waals surface area contributed by atoms with Crippen molar-refractivity contribution in [3.63, 3.8) is 0 Å². The molecular formula is C21H24N6O2. The molecule has 1 aromatic carbocycles. The fourth-order valence-corrected chi connectivity index (χ4v) is 3.44. The zero-order valence-corrected chi connectivity index (χ0v) is 16.3. The van der Waals surface area contributed by atoms with Crippen LogP contribution in [0.2, 0.25) is 0 Å². The van der Waals surface area contributed by atoms with E-state index in [0.717, 1.165) is 29.4 Å². The van der Waals surface area contributed by atoms with Gasteiger partial charge in [0.05, 0.1) is 17.8 Å². The van der Waals surface area contributed by atoms with E-state index in [2.05, 4.69) is 25.6 Å². The number of anilines is 3. The van der Waals surface area contributed by atoms with Crippen molar-refractivity contribution >= 4 is 34.4 Å². The van der Waals surface area contributed by atoms with Crippen LogP contribution in [-0.2, 0) is 4.74 Å². The number of hydrogen-bond acceptors (Lipinski definition) is 7. The summed E-state index contributed by atoms with van der Waals surface area (Å²) in [7, 11) is 0. The van der Waals surface area contributed by atoms with E-state index in [0.29, 0.717) is 31.5 Å². The lowest BCUT2D eigenvalue weighted by atomic mass is 10.1. The molecule has 1 aliphatic rings. The Morgan fingerprint density at radius 3 is 2.79 bits per heavy atom. The van der Waals surface area contributed by atoms with Crippen LogP contribution >= 0.6 is 0 Å². The molecule has 1 saturated heterocycles. The second-order valence-corrected chi connectivity index (χ2v) is 6.88. The van der Waals surface area contributed by atoms with Crippen molar-refractivity contribution in [1.29, 1.82) is 0 Å². The maximum Gasteiger partial charge on any atom is 0.409 e. The molecule has 3 aromatic rings. The van der Waals surface area contributed by atoms with Crippen LogP contribution in [0.15, 0.2) is 48.8 Å². The molecule has 1 fully saturated rings. The van der Waals surface area contributed by atoms with Gasteiger partial charge >= 0.3 is 6.09 Å². The monoisotopic (exact) mass is 392 g/mol. The second kappa shape index (κ2) is 8.72. The highest BCUT2D eigenvalue weighted by Crippen LogP contribution is 2.24. The number of amides is 1. The van der Waals surface area contributed by atoms with Crippen LogP contribution in [-0.4, -0.2) is 51.7 Å². The number of para-hydroxylation sites is 1. The number of nitrogens with one attached hydrogen (secondary N) is 2. The maximum absolute atomic E-state index is 11.8. The van der Waals surface area contributed by atoms with Crippen LogP contribution in [0.25, 0.3) is 10.9 Å². The molecular weight excluding hydrogens is 368 g/mol. The Morgan fingerprint density at radius 2 is 1.97 bits per heavy atom. The molecule has 0 unspecified atom stereocenters. The maximum atomic E-state index is 11.8. The van der Waals surface area contributed by atoms with Crippen molar-refractivity contribution in [1.82, 2.24) is 19.9 Å². The van der Waals surface area contributed by atoms with E-state index >= 15 is 0 Å². The third-order valence-electron chi connectivity index (χ3n) is 4.91. The normalized spacial score (nSPS) is 14.6. The molecule has 29 heavy (non-hydrogen) atoms. The first-order valence-electron chi connectivity index (χ1n) is 9.85. The largest absolute Gasteiger partial charge is 0.450 e. The molecule has 2 N–H and O–H groups in total. The smallest absolute Gasteiger partial charge is 0.409 e. The standard InChI is InChI=1S/C21H24N6O2/c1-2-29-21(28)27-13-9-16(10-14-27)24-20-23-12-8-18(26-20)25-17-7-3-5-15-6-4-11-22-19(15)17/h3-8,11-12,16H,2,9-10,13-14H2,1H3,(H2,23,24,25,26). The van der Waals surface area contributed by atoms with Crippen molar-refractivity contribution in [2.24, 2.45) is 0 Å². The third kappa shape index (κ3) is 4.53. The molecule has 1 amide bonds. The number of carbonyl (C=O) groups excluding carboxylic acids is 1. The van der Waals surface area contributed by atoms with Gasteiger partial charge in [-0.25, -0.2) is 9.78 Å². The summed E-state index contributed by atoms with van der Waals surface area (Å²) in [5, 5.41) is 7.78. The first-order chi connectivity index (χ1) is 14.2. The zero-order chi connectivity index (χ0) is 20.1. The Hall–Kier alpha value is -3.42. The number of pyridine rings is 1. The minimum atomic E-state index is -0.239. The van der Waals surface area contributed by atoms with Crippen molar-refractivity contribution in [2.45, 2.75) is 25.8 Å². The van der Waals surface area contributed by atoms with Gasteiger partial charge in [-0.05, 0) is 38.0 Å². The fourth-order valence-electron chi connectivity index (χ4n) is 3.44. The molecule has 0 radical (unpaired) electrons. The van der Waals surface area contributed by atoms with Crippen LogP contribution in [0.4, 0.5) is 22.2 Å². The number of carbonyl (C=O) groups is 1. The highest BCUT2D eigenvalue weighted by Gasteiger charge is 2.23. The fraction of sp³-hybridized carbons (Fsp3) is 0.333. The van der Waals surface area contributed by atoms with E-state index in [9.17, 15) is 4.79 Å². The Bertz CT molecular complexity index is 982. The molecule has 8 nitrogen and oxygen atoms in total. The highest BCUT2D eigenvalue weighted by atomic mass is 16.6. The van der Waals surface area contributed by atoms with E-state index in [4.69, 9.17) is 4.74 Å². The Labute approximate surface area is 169 Å². The van der Waals surface area contributed by atoms with Gasteiger partial charge in [0.25, 0.3) is 0 Å². The summed E-state index contributed by atoms with van der Waals surface area (Å²) >= 11 is 0. The molecule has 150 valence electrons. The number of benzene rings is 1. The average molecular weight is 392 g/mol. The van der Waals surface area contributed by atoms with E-state index in [-0.39, 0.29) is 12.1 Å². The summed E-state index contributed by atoms with van der Waals surface area (Å²) in [6.45, 7) is 3.54. The van der Waals surface area contributed by atoms with Gasteiger partial charge in [-0.15, -0.1) is 0 Å². The van der Waals surface area contributed by atoms with Crippen molar-refractivity contribution in [3.05, 3.63) is 48.8 Å². The van der Waals surface area contributed by atoms with Gasteiger partial charge in [0.2, 0.25) is 5.95 Å². The SMILES string of the molecule is CCOC(=O)N1CCC(Nc2nccc(Nc3cccc4cccnc34)n2)CC1. The lowest BCUT2D eigenvalue weighted by molar-refractivity contribution is 0.0983. The molecule has 0 bridgehead atoms. The summed E-state index contributed by atoms with van der Waals surface area (Å²) in [6.07, 6.45) is 4.92. The highest BCUT2D eigenvalue weighted by molar-refractivity contribution is 5.91. The first-order valence-corrected chi connectivity index (χ1v) is 9.85. The number of nitrogens with zero attached hydrogens (tertiary/aromatic N) is 4.